The summed E-state index contributed by atoms with van der Waals surface area (Å²) in [5.41, 5.74) is 10.3. The van der Waals surface area contributed by atoms with Gasteiger partial charge in [-0.1, -0.05) is 11.6 Å². The van der Waals surface area contributed by atoms with Crippen LogP contribution in [0.25, 0.3) is 0 Å². The lowest BCUT2D eigenvalue weighted by Crippen LogP contribution is -2.40. The summed E-state index contributed by atoms with van der Waals surface area (Å²) >= 11 is 5.76. The van der Waals surface area contributed by atoms with Gasteiger partial charge in [-0.2, -0.15) is 4.98 Å². The third-order valence-corrected chi connectivity index (χ3v) is 4.26. The van der Waals surface area contributed by atoms with Gasteiger partial charge in [0.25, 0.3) is 11.8 Å². The highest BCUT2D eigenvalue weighted by Crippen LogP contribution is 2.32. The Kier molecular flexibility index (Phi) is 4.83. The minimum Gasteiger partial charge on any atom is -0.382 e. The van der Waals surface area contributed by atoms with Gasteiger partial charge in [-0.3, -0.25) is 9.78 Å². The minimum atomic E-state index is -2.75. The Bertz CT molecular complexity index is 941. The van der Waals surface area contributed by atoms with E-state index in [4.69, 9.17) is 23.1 Å². The molecule has 0 bridgehead atoms. The van der Waals surface area contributed by atoms with Gasteiger partial charge in [0.2, 0.25) is 0 Å². The molecule has 1 aliphatic rings. The second-order valence-corrected chi connectivity index (χ2v) is 6.24. The standard InChI is InChI=1S/C14H15ClF2N8O2/c15-8-10(19)22-9(18)7(21-8)12(26)23-11-6(5-20-13(27)24-11)25-3-1-14(16,17)2-4-25/h5H,1-4H2,(H4,18,19,22)(H2,20,23,24,26,27). The topological polar surface area (TPSA) is 156 Å². The summed E-state index contributed by atoms with van der Waals surface area (Å²) in [5.74, 6) is -3.99. The Morgan fingerprint density at radius 2 is 1.93 bits per heavy atom. The Morgan fingerprint density at radius 1 is 1.26 bits per heavy atom. The van der Waals surface area contributed by atoms with E-state index in [-0.39, 0.29) is 59.9 Å². The summed E-state index contributed by atoms with van der Waals surface area (Å²) in [6.45, 7) is 0.0540. The summed E-state index contributed by atoms with van der Waals surface area (Å²) in [6.07, 6.45) is 0.486. The summed E-state index contributed by atoms with van der Waals surface area (Å²) in [4.78, 5) is 39.1. The second kappa shape index (κ2) is 6.95. The normalized spacial score (nSPS) is 16.2. The van der Waals surface area contributed by atoms with Crippen LogP contribution < -0.4 is 27.4 Å². The number of hydrogen-bond donors (Lipinski definition) is 4. The van der Waals surface area contributed by atoms with Crippen LogP contribution in [-0.2, 0) is 0 Å². The molecule has 0 atom stereocenters. The van der Waals surface area contributed by atoms with Gasteiger partial charge in [-0.15, -0.1) is 0 Å². The summed E-state index contributed by atoms with van der Waals surface area (Å²) in [7, 11) is 0. The van der Waals surface area contributed by atoms with Crippen LogP contribution in [0, 0.1) is 0 Å². The van der Waals surface area contributed by atoms with Gasteiger partial charge in [0.05, 0.1) is 11.9 Å². The number of piperidine rings is 1. The third kappa shape index (κ3) is 4.05. The second-order valence-electron chi connectivity index (χ2n) is 5.88. The van der Waals surface area contributed by atoms with Crippen LogP contribution in [-0.4, -0.2) is 44.9 Å². The first-order valence-corrected chi connectivity index (χ1v) is 8.16. The largest absolute Gasteiger partial charge is 0.382 e. The molecule has 0 spiro atoms. The third-order valence-electron chi connectivity index (χ3n) is 3.99. The molecular weight excluding hydrogens is 386 g/mol. The van der Waals surface area contributed by atoms with Gasteiger partial charge >= 0.3 is 5.69 Å². The highest BCUT2D eigenvalue weighted by molar-refractivity contribution is 6.31. The van der Waals surface area contributed by atoms with Gasteiger partial charge in [0, 0.05) is 25.9 Å². The summed E-state index contributed by atoms with van der Waals surface area (Å²) in [5, 5.41) is 2.22. The van der Waals surface area contributed by atoms with Crippen LogP contribution in [0.1, 0.15) is 23.3 Å². The number of nitrogen functional groups attached to an aromatic ring is 2. The SMILES string of the molecule is Nc1nc(N)c(C(=O)Nc2[nH]c(=O)ncc2N2CCC(F)(F)CC2)nc1Cl. The van der Waals surface area contributed by atoms with Crippen LogP contribution >= 0.6 is 11.6 Å². The van der Waals surface area contributed by atoms with Gasteiger partial charge in [-0.05, 0) is 0 Å². The van der Waals surface area contributed by atoms with Crippen molar-refractivity contribution in [2.45, 2.75) is 18.8 Å². The van der Waals surface area contributed by atoms with Crippen molar-refractivity contribution in [3.63, 3.8) is 0 Å². The lowest BCUT2D eigenvalue weighted by molar-refractivity contribution is -0.0220. The average Bonchev–Trinajstić information content (AvgIpc) is 2.59. The highest BCUT2D eigenvalue weighted by atomic mass is 35.5. The number of H-pyrrole nitrogens is 1. The molecule has 2 aromatic rings. The van der Waals surface area contributed by atoms with E-state index in [1.807, 2.05) is 0 Å². The van der Waals surface area contributed by atoms with Crippen LogP contribution in [0.5, 0.6) is 0 Å². The number of nitrogens with two attached hydrogens (primary N) is 2. The molecule has 1 saturated heterocycles. The van der Waals surface area contributed by atoms with Gasteiger partial charge in [0.1, 0.15) is 5.82 Å². The van der Waals surface area contributed by atoms with Crippen LogP contribution in [0.2, 0.25) is 5.15 Å². The number of hydrogen-bond acceptors (Lipinski definition) is 8. The number of alkyl halides is 2. The molecule has 3 heterocycles. The van der Waals surface area contributed by atoms with Crippen molar-refractivity contribution in [2.75, 3.05) is 34.8 Å². The van der Waals surface area contributed by atoms with Crippen molar-refractivity contribution in [1.29, 1.82) is 0 Å². The molecule has 1 aliphatic heterocycles. The first-order valence-electron chi connectivity index (χ1n) is 7.78. The first kappa shape index (κ1) is 18.8. The van der Waals surface area contributed by atoms with Crippen molar-refractivity contribution in [3.05, 3.63) is 27.5 Å². The van der Waals surface area contributed by atoms with Crippen molar-refractivity contribution in [1.82, 2.24) is 19.9 Å². The zero-order chi connectivity index (χ0) is 19.8. The van der Waals surface area contributed by atoms with E-state index in [1.165, 1.54) is 6.20 Å². The fourth-order valence-corrected chi connectivity index (χ4v) is 2.71. The molecule has 1 fully saturated rings. The Labute approximate surface area is 155 Å². The zero-order valence-electron chi connectivity index (χ0n) is 13.8. The fourth-order valence-electron chi connectivity index (χ4n) is 2.58. The molecule has 13 heteroatoms. The maximum absolute atomic E-state index is 13.4. The van der Waals surface area contributed by atoms with Crippen LogP contribution in [0.3, 0.4) is 0 Å². The van der Waals surface area contributed by atoms with Crippen molar-refractivity contribution in [2.24, 2.45) is 0 Å². The monoisotopic (exact) mass is 400 g/mol. The number of anilines is 4. The Balaban J connectivity index is 1.89. The molecular formula is C14H15ClF2N8O2. The molecule has 0 radical (unpaired) electrons. The van der Waals surface area contributed by atoms with Gasteiger partial charge in [0.15, 0.2) is 22.5 Å². The van der Waals surface area contributed by atoms with E-state index in [1.54, 1.807) is 4.90 Å². The number of amides is 1. The molecule has 27 heavy (non-hydrogen) atoms. The number of nitrogens with zero attached hydrogens (tertiary/aromatic N) is 4. The summed E-state index contributed by atoms with van der Waals surface area (Å²) in [6, 6.07) is 0. The molecule has 0 saturated carbocycles. The van der Waals surface area contributed by atoms with Crippen LogP contribution in [0.15, 0.2) is 11.0 Å². The van der Waals surface area contributed by atoms with Crippen molar-refractivity contribution in [3.8, 4) is 0 Å². The number of halogens is 3. The first-order chi connectivity index (χ1) is 12.7. The molecule has 1 amide bonds. The number of rotatable bonds is 3. The lowest BCUT2D eigenvalue weighted by atomic mass is 10.1. The molecule has 0 aliphatic carbocycles. The van der Waals surface area contributed by atoms with E-state index in [0.29, 0.717) is 0 Å². The molecule has 0 unspecified atom stereocenters. The molecule has 0 aromatic carbocycles. The maximum Gasteiger partial charge on any atom is 0.346 e. The van der Waals surface area contributed by atoms with Gasteiger partial charge < -0.3 is 21.7 Å². The zero-order valence-corrected chi connectivity index (χ0v) is 14.6. The molecule has 144 valence electrons. The predicted octanol–water partition coefficient (Wildman–Crippen LogP) is 0.865. The lowest BCUT2D eigenvalue weighted by Gasteiger charge is -2.33. The fraction of sp³-hybridized carbons (Fsp3) is 0.357. The van der Waals surface area contributed by atoms with Crippen LogP contribution in [0.4, 0.5) is 31.9 Å². The van der Waals surface area contributed by atoms with E-state index in [9.17, 15) is 18.4 Å². The molecule has 10 nitrogen and oxygen atoms in total. The number of carbonyl (C=O) groups excluding carboxylic acids is 1. The van der Waals surface area contributed by atoms with Crippen molar-refractivity contribution >= 4 is 40.6 Å². The van der Waals surface area contributed by atoms with E-state index in [0.717, 1.165) is 0 Å². The number of aromatic amines is 1. The highest BCUT2D eigenvalue weighted by Gasteiger charge is 2.35. The maximum atomic E-state index is 13.4. The molecule has 2 aromatic heterocycles. The Hall–Kier alpha value is -3.02. The number of aromatic nitrogens is 4. The Morgan fingerprint density at radius 3 is 2.59 bits per heavy atom. The van der Waals surface area contributed by atoms with Gasteiger partial charge in [-0.25, -0.2) is 23.5 Å². The average molecular weight is 401 g/mol. The van der Waals surface area contributed by atoms with E-state index in [2.05, 4.69) is 25.3 Å². The quantitative estimate of drug-likeness (QED) is 0.591. The molecule has 6 N–H and O–H groups in total. The van der Waals surface area contributed by atoms with Crippen molar-refractivity contribution < 1.29 is 13.6 Å². The minimum absolute atomic E-state index is 0.0270. The molecule has 3 rings (SSSR count). The van der Waals surface area contributed by atoms with E-state index >= 15 is 0 Å². The smallest absolute Gasteiger partial charge is 0.346 e. The number of carbonyl (C=O) groups is 1. The summed E-state index contributed by atoms with van der Waals surface area (Å²) < 4.78 is 26.8. The van der Waals surface area contributed by atoms with E-state index < -0.39 is 17.5 Å². The number of nitrogens with one attached hydrogen (secondary N) is 2. The predicted molar refractivity (Wildman–Crippen MR) is 95.1 cm³/mol.